The first-order chi connectivity index (χ1) is 9.63. The van der Waals surface area contributed by atoms with Crippen molar-refractivity contribution >= 4 is 40.7 Å². The first kappa shape index (κ1) is 14.1. The highest BCUT2D eigenvalue weighted by Crippen LogP contribution is 2.39. The van der Waals surface area contributed by atoms with E-state index in [2.05, 4.69) is 5.32 Å². The number of hydrogen-bond donors (Lipinski definition) is 1. The molecule has 0 saturated carbocycles. The average Bonchev–Trinajstić information content (AvgIpc) is 2.44. The molecule has 1 heterocycles. The summed E-state index contributed by atoms with van der Waals surface area (Å²) in [7, 11) is 0. The highest BCUT2D eigenvalue weighted by Gasteiger charge is 2.21. The summed E-state index contributed by atoms with van der Waals surface area (Å²) in [5.74, 6) is 0.640. The van der Waals surface area contributed by atoms with Crippen LogP contribution >= 0.6 is 35.0 Å². The molecule has 1 N–H and O–H groups in total. The number of benzene rings is 2. The molecular weight excluding hydrogens is 316 g/mol. The lowest BCUT2D eigenvalue weighted by atomic mass is 10.0. The second-order valence-corrected chi connectivity index (χ2v) is 6.63. The van der Waals surface area contributed by atoms with Gasteiger partial charge in [-0.3, -0.25) is 0 Å². The Labute approximate surface area is 131 Å². The van der Waals surface area contributed by atoms with Gasteiger partial charge in [0.05, 0.1) is 11.1 Å². The Morgan fingerprint density at radius 2 is 2.00 bits per heavy atom. The fraction of sp³-hybridized carbons (Fsp3) is 0.200. The molecule has 0 bridgehead atoms. The largest absolute Gasteiger partial charge is 0.378 e. The van der Waals surface area contributed by atoms with Gasteiger partial charge in [0.15, 0.2) is 0 Å². The molecule has 0 aliphatic carbocycles. The molecule has 0 aromatic heterocycles. The predicted octanol–water partition coefficient (Wildman–Crippen LogP) is 5.78. The van der Waals surface area contributed by atoms with Crippen molar-refractivity contribution in [2.75, 3.05) is 11.1 Å². The van der Waals surface area contributed by atoms with Crippen LogP contribution in [0.2, 0.25) is 10.0 Å². The van der Waals surface area contributed by atoms with Crippen molar-refractivity contribution in [3.63, 3.8) is 0 Å². The SMILES string of the molecule is Fc1ccc(NC2CCSc3ccc(Cl)cc32)cc1Cl. The van der Waals surface area contributed by atoms with Crippen LogP contribution in [-0.4, -0.2) is 5.75 Å². The van der Waals surface area contributed by atoms with Crippen molar-refractivity contribution in [3.05, 3.63) is 57.8 Å². The number of fused-ring (bicyclic) bond motifs is 1. The summed E-state index contributed by atoms with van der Waals surface area (Å²) in [4.78, 5) is 1.24. The van der Waals surface area contributed by atoms with Gasteiger partial charge in [-0.05, 0) is 48.4 Å². The fourth-order valence-electron chi connectivity index (χ4n) is 2.30. The van der Waals surface area contributed by atoms with Gasteiger partial charge in [-0.15, -0.1) is 11.8 Å². The zero-order valence-electron chi connectivity index (χ0n) is 10.5. The van der Waals surface area contributed by atoms with E-state index >= 15 is 0 Å². The molecule has 0 radical (unpaired) electrons. The van der Waals surface area contributed by atoms with Gasteiger partial charge in [0.2, 0.25) is 0 Å². The monoisotopic (exact) mass is 327 g/mol. The first-order valence-corrected chi connectivity index (χ1v) is 8.01. The molecule has 1 aliphatic heterocycles. The Kier molecular flexibility index (Phi) is 4.11. The molecule has 104 valence electrons. The minimum Gasteiger partial charge on any atom is -0.378 e. The molecule has 1 nitrogen and oxygen atoms in total. The molecule has 1 aliphatic rings. The number of rotatable bonds is 2. The zero-order valence-corrected chi connectivity index (χ0v) is 12.8. The number of anilines is 1. The minimum absolute atomic E-state index is 0.131. The zero-order chi connectivity index (χ0) is 14.1. The van der Waals surface area contributed by atoms with E-state index in [9.17, 15) is 4.39 Å². The topological polar surface area (TPSA) is 12.0 Å². The van der Waals surface area contributed by atoms with Gasteiger partial charge in [0.25, 0.3) is 0 Å². The Bertz CT molecular complexity index is 648. The summed E-state index contributed by atoms with van der Waals surface area (Å²) >= 11 is 13.7. The summed E-state index contributed by atoms with van der Waals surface area (Å²) in [6.07, 6.45) is 0.993. The summed E-state index contributed by atoms with van der Waals surface area (Å²) < 4.78 is 13.2. The van der Waals surface area contributed by atoms with Crippen molar-refractivity contribution in [2.24, 2.45) is 0 Å². The third-order valence-electron chi connectivity index (χ3n) is 3.27. The maximum atomic E-state index is 13.2. The lowest BCUT2D eigenvalue weighted by molar-refractivity contribution is 0.628. The maximum absolute atomic E-state index is 13.2. The van der Waals surface area contributed by atoms with E-state index in [-0.39, 0.29) is 11.1 Å². The number of halogens is 3. The summed E-state index contributed by atoms with van der Waals surface area (Å²) in [5.41, 5.74) is 2.01. The Hall–Kier alpha value is -0.900. The minimum atomic E-state index is -0.403. The molecule has 0 saturated heterocycles. The lowest BCUT2D eigenvalue weighted by Crippen LogP contribution is -2.16. The Morgan fingerprint density at radius 3 is 2.80 bits per heavy atom. The van der Waals surface area contributed by atoms with E-state index in [1.54, 1.807) is 12.1 Å². The second-order valence-electron chi connectivity index (χ2n) is 4.65. The maximum Gasteiger partial charge on any atom is 0.141 e. The van der Waals surface area contributed by atoms with E-state index < -0.39 is 5.82 Å². The summed E-state index contributed by atoms with van der Waals surface area (Å²) in [6.45, 7) is 0. The Morgan fingerprint density at radius 1 is 1.15 bits per heavy atom. The number of hydrogen-bond acceptors (Lipinski definition) is 2. The number of nitrogens with one attached hydrogen (secondary N) is 1. The molecule has 0 spiro atoms. The van der Waals surface area contributed by atoms with Gasteiger partial charge >= 0.3 is 0 Å². The molecule has 3 rings (SSSR count). The molecule has 5 heteroatoms. The van der Waals surface area contributed by atoms with Crippen molar-refractivity contribution in [1.29, 1.82) is 0 Å². The highest BCUT2D eigenvalue weighted by molar-refractivity contribution is 7.99. The summed E-state index contributed by atoms with van der Waals surface area (Å²) in [5, 5.41) is 4.27. The molecule has 0 amide bonds. The van der Waals surface area contributed by atoms with Crippen molar-refractivity contribution in [3.8, 4) is 0 Å². The molecule has 2 aromatic carbocycles. The molecule has 1 unspecified atom stereocenters. The predicted molar refractivity (Wildman–Crippen MR) is 84.6 cm³/mol. The van der Waals surface area contributed by atoms with Crippen LogP contribution in [0.15, 0.2) is 41.3 Å². The van der Waals surface area contributed by atoms with Gasteiger partial charge in [0.1, 0.15) is 5.82 Å². The average molecular weight is 328 g/mol. The molecular formula is C15H12Cl2FNS. The first-order valence-electron chi connectivity index (χ1n) is 6.27. The fourth-order valence-corrected chi connectivity index (χ4v) is 3.77. The van der Waals surface area contributed by atoms with E-state index in [0.29, 0.717) is 0 Å². The molecule has 20 heavy (non-hydrogen) atoms. The van der Waals surface area contributed by atoms with Crippen LogP contribution in [0, 0.1) is 5.82 Å². The van der Waals surface area contributed by atoms with E-state index in [1.165, 1.54) is 16.5 Å². The van der Waals surface area contributed by atoms with Crippen LogP contribution in [0.4, 0.5) is 10.1 Å². The van der Waals surface area contributed by atoms with Crippen molar-refractivity contribution < 1.29 is 4.39 Å². The van der Waals surface area contributed by atoms with Crippen LogP contribution < -0.4 is 5.32 Å². The van der Waals surface area contributed by atoms with Gasteiger partial charge in [0, 0.05) is 21.4 Å². The van der Waals surface area contributed by atoms with Crippen molar-refractivity contribution in [2.45, 2.75) is 17.4 Å². The lowest BCUT2D eigenvalue weighted by Gasteiger charge is -2.27. The van der Waals surface area contributed by atoms with Crippen LogP contribution in [0.5, 0.6) is 0 Å². The van der Waals surface area contributed by atoms with Crippen LogP contribution in [0.1, 0.15) is 18.0 Å². The molecule has 1 atom stereocenters. The van der Waals surface area contributed by atoms with E-state index in [1.807, 2.05) is 30.0 Å². The smallest absolute Gasteiger partial charge is 0.141 e. The highest BCUT2D eigenvalue weighted by atomic mass is 35.5. The summed E-state index contributed by atoms with van der Waals surface area (Å²) in [6, 6.07) is 10.8. The van der Waals surface area contributed by atoms with Crippen molar-refractivity contribution in [1.82, 2.24) is 0 Å². The third-order valence-corrected chi connectivity index (χ3v) is 4.92. The van der Waals surface area contributed by atoms with Crippen LogP contribution in [-0.2, 0) is 0 Å². The van der Waals surface area contributed by atoms with Gasteiger partial charge in [-0.25, -0.2) is 4.39 Å². The van der Waals surface area contributed by atoms with Gasteiger partial charge in [-0.2, -0.15) is 0 Å². The standard InChI is InChI=1S/C15H12Cl2FNS/c16-9-1-4-15-11(7-9)14(5-6-20-15)19-10-2-3-13(18)12(17)8-10/h1-4,7-8,14,19H,5-6H2. The number of thioether (sulfide) groups is 1. The second kappa shape index (κ2) is 5.84. The van der Waals surface area contributed by atoms with E-state index in [0.717, 1.165) is 22.9 Å². The van der Waals surface area contributed by atoms with Crippen LogP contribution in [0.25, 0.3) is 0 Å². The third kappa shape index (κ3) is 2.90. The quantitative estimate of drug-likeness (QED) is 0.750. The van der Waals surface area contributed by atoms with Crippen LogP contribution in [0.3, 0.4) is 0 Å². The van der Waals surface area contributed by atoms with Gasteiger partial charge < -0.3 is 5.32 Å². The Balaban J connectivity index is 1.89. The van der Waals surface area contributed by atoms with E-state index in [4.69, 9.17) is 23.2 Å². The molecule has 0 fully saturated rings. The normalized spacial score (nSPS) is 17.6. The molecule has 2 aromatic rings. The van der Waals surface area contributed by atoms with Gasteiger partial charge in [-0.1, -0.05) is 23.2 Å².